The zero-order valence-electron chi connectivity index (χ0n) is 12.3. The molecule has 112 valence electrons. The molecule has 0 saturated carbocycles. The van der Waals surface area contributed by atoms with Gasteiger partial charge in [0.15, 0.2) is 0 Å². The number of carbonyl (C=O) groups is 2. The number of benzene rings is 1. The second kappa shape index (κ2) is 8.52. The molecular formula is C15H20N4O2. The van der Waals surface area contributed by atoms with Gasteiger partial charge in [0, 0.05) is 26.3 Å². The number of hydrazone groups is 1. The predicted molar refractivity (Wildman–Crippen MR) is 84.3 cm³/mol. The molecule has 0 unspecified atom stereocenters. The van der Waals surface area contributed by atoms with E-state index in [2.05, 4.69) is 22.4 Å². The lowest BCUT2D eigenvalue weighted by molar-refractivity contribution is -0.129. The topological polar surface area (TPSA) is 73.8 Å². The molecule has 1 aromatic rings. The first-order valence-corrected chi connectivity index (χ1v) is 6.50. The van der Waals surface area contributed by atoms with E-state index in [1.807, 2.05) is 43.3 Å². The number of nitrogens with zero attached hydrogens (tertiary/aromatic N) is 2. The third-order valence-electron chi connectivity index (χ3n) is 2.58. The minimum Gasteiger partial charge on any atom is -0.378 e. The molecule has 21 heavy (non-hydrogen) atoms. The van der Waals surface area contributed by atoms with E-state index in [1.54, 1.807) is 6.08 Å². The van der Waals surface area contributed by atoms with Crippen LogP contribution in [0.3, 0.4) is 0 Å². The van der Waals surface area contributed by atoms with Crippen molar-refractivity contribution in [3.8, 4) is 0 Å². The summed E-state index contributed by atoms with van der Waals surface area (Å²) < 4.78 is 0. The van der Waals surface area contributed by atoms with Crippen LogP contribution in [0.15, 0.2) is 42.0 Å². The molecule has 0 aliphatic carbocycles. The van der Waals surface area contributed by atoms with E-state index in [4.69, 9.17) is 0 Å². The van der Waals surface area contributed by atoms with Crippen LogP contribution in [0.1, 0.15) is 12.0 Å². The largest absolute Gasteiger partial charge is 0.378 e. The standard InChI is InChI=1S/C15H20N4O2/c1-4-9-16-14(20)10-15(21)18-17-11-12-5-7-13(8-6-12)19(2)3/h4-8,11H,1,9-10H2,2-3H3,(H,16,20)(H,18,21)/b17-11-. The lowest BCUT2D eigenvalue weighted by Gasteiger charge is -2.11. The second-order valence-corrected chi connectivity index (χ2v) is 4.55. The van der Waals surface area contributed by atoms with Crippen LogP contribution in [0, 0.1) is 0 Å². The number of rotatable bonds is 7. The zero-order valence-corrected chi connectivity index (χ0v) is 12.3. The average molecular weight is 288 g/mol. The number of amides is 2. The van der Waals surface area contributed by atoms with Gasteiger partial charge in [0.1, 0.15) is 6.42 Å². The van der Waals surface area contributed by atoms with Gasteiger partial charge in [0.05, 0.1) is 6.21 Å². The SMILES string of the molecule is C=CCNC(=O)CC(=O)N/N=C\c1ccc(N(C)C)cc1. The summed E-state index contributed by atoms with van der Waals surface area (Å²) in [6, 6.07) is 7.68. The summed E-state index contributed by atoms with van der Waals surface area (Å²) in [5.74, 6) is -0.823. The lowest BCUT2D eigenvalue weighted by Crippen LogP contribution is -2.29. The van der Waals surface area contributed by atoms with Crippen LogP contribution >= 0.6 is 0 Å². The number of hydrogen-bond donors (Lipinski definition) is 2. The molecule has 2 amide bonds. The predicted octanol–water partition coefficient (Wildman–Crippen LogP) is 0.895. The van der Waals surface area contributed by atoms with E-state index >= 15 is 0 Å². The fourth-order valence-electron chi connectivity index (χ4n) is 1.47. The van der Waals surface area contributed by atoms with E-state index in [0.29, 0.717) is 6.54 Å². The van der Waals surface area contributed by atoms with Crippen molar-refractivity contribution >= 4 is 23.7 Å². The summed E-state index contributed by atoms with van der Waals surface area (Å²) in [7, 11) is 3.92. The highest BCUT2D eigenvalue weighted by Crippen LogP contribution is 2.10. The minimum absolute atomic E-state index is 0.259. The molecule has 0 aliphatic rings. The van der Waals surface area contributed by atoms with Gasteiger partial charge in [-0.15, -0.1) is 6.58 Å². The summed E-state index contributed by atoms with van der Waals surface area (Å²) in [6.07, 6.45) is 2.81. The van der Waals surface area contributed by atoms with Gasteiger partial charge >= 0.3 is 0 Å². The number of carbonyl (C=O) groups excluding carboxylic acids is 2. The molecule has 6 heteroatoms. The van der Waals surface area contributed by atoms with Crippen molar-refractivity contribution < 1.29 is 9.59 Å². The Labute approximate surface area is 124 Å². The second-order valence-electron chi connectivity index (χ2n) is 4.55. The van der Waals surface area contributed by atoms with Crippen molar-refractivity contribution in [1.29, 1.82) is 0 Å². The molecule has 0 aromatic heterocycles. The summed E-state index contributed by atoms with van der Waals surface area (Å²) in [6.45, 7) is 3.81. The molecule has 0 fully saturated rings. The normalized spacial score (nSPS) is 10.2. The molecule has 0 radical (unpaired) electrons. The Morgan fingerprint density at radius 2 is 1.90 bits per heavy atom. The first kappa shape index (κ1) is 16.4. The summed E-state index contributed by atoms with van der Waals surface area (Å²) in [5, 5.41) is 6.32. The molecular weight excluding hydrogens is 268 g/mol. The molecule has 6 nitrogen and oxygen atoms in total. The Kier molecular flexibility index (Phi) is 6.67. The van der Waals surface area contributed by atoms with Crippen molar-refractivity contribution in [1.82, 2.24) is 10.7 Å². The highest BCUT2D eigenvalue weighted by atomic mass is 16.2. The Morgan fingerprint density at radius 3 is 2.48 bits per heavy atom. The molecule has 0 spiro atoms. The fourth-order valence-corrected chi connectivity index (χ4v) is 1.47. The Morgan fingerprint density at radius 1 is 1.24 bits per heavy atom. The molecule has 1 rings (SSSR count). The maximum absolute atomic E-state index is 11.4. The molecule has 2 N–H and O–H groups in total. The highest BCUT2D eigenvalue weighted by molar-refractivity contribution is 5.97. The van der Waals surface area contributed by atoms with Crippen LogP contribution < -0.4 is 15.6 Å². The number of anilines is 1. The van der Waals surface area contributed by atoms with E-state index in [9.17, 15) is 9.59 Å². The van der Waals surface area contributed by atoms with Crippen molar-refractivity contribution in [2.24, 2.45) is 5.10 Å². The van der Waals surface area contributed by atoms with Crippen LogP contribution in [0.2, 0.25) is 0 Å². The molecule has 0 atom stereocenters. The van der Waals surface area contributed by atoms with Gasteiger partial charge in [-0.05, 0) is 17.7 Å². The van der Waals surface area contributed by atoms with Crippen molar-refractivity contribution in [2.75, 3.05) is 25.5 Å². The summed E-state index contributed by atoms with van der Waals surface area (Å²) >= 11 is 0. The van der Waals surface area contributed by atoms with Gasteiger partial charge in [-0.3, -0.25) is 9.59 Å². The van der Waals surface area contributed by atoms with Crippen LogP contribution in [0.4, 0.5) is 5.69 Å². The Hall–Kier alpha value is -2.63. The van der Waals surface area contributed by atoms with Crippen LogP contribution in [-0.4, -0.2) is 38.7 Å². The third kappa shape index (κ3) is 6.38. The first-order valence-electron chi connectivity index (χ1n) is 6.50. The van der Waals surface area contributed by atoms with E-state index in [-0.39, 0.29) is 12.3 Å². The van der Waals surface area contributed by atoms with Crippen LogP contribution in [-0.2, 0) is 9.59 Å². The van der Waals surface area contributed by atoms with Gasteiger partial charge in [-0.2, -0.15) is 5.10 Å². The Balaban J connectivity index is 2.41. The van der Waals surface area contributed by atoms with E-state index < -0.39 is 5.91 Å². The van der Waals surface area contributed by atoms with E-state index in [0.717, 1.165) is 11.3 Å². The van der Waals surface area contributed by atoms with Crippen molar-refractivity contribution in [3.05, 3.63) is 42.5 Å². The minimum atomic E-state index is -0.460. The smallest absolute Gasteiger partial charge is 0.249 e. The van der Waals surface area contributed by atoms with Gasteiger partial charge in [0.25, 0.3) is 0 Å². The first-order chi connectivity index (χ1) is 10.0. The zero-order chi connectivity index (χ0) is 15.7. The summed E-state index contributed by atoms with van der Waals surface area (Å²) in [4.78, 5) is 24.7. The Bertz CT molecular complexity index is 521. The van der Waals surface area contributed by atoms with Crippen molar-refractivity contribution in [3.63, 3.8) is 0 Å². The average Bonchev–Trinajstić information content (AvgIpc) is 2.45. The van der Waals surface area contributed by atoms with Gasteiger partial charge in [0.2, 0.25) is 11.8 Å². The molecule has 1 aromatic carbocycles. The van der Waals surface area contributed by atoms with Gasteiger partial charge in [-0.1, -0.05) is 18.2 Å². The number of nitrogens with one attached hydrogen (secondary N) is 2. The fraction of sp³-hybridized carbons (Fsp3) is 0.267. The van der Waals surface area contributed by atoms with Crippen molar-refractivity contribution in [2.45, 2.75) is 6.42 Å². The van der Waals surface area contributed by atoms with Gasteiger partial charge < -0.3 is 10.2 Å². The summed E-state index contributed by atoms with van der Waals surface area (Å²) in [5.41, 5.74) is 4.25. The monoisotopic (exact) mass is 288 g/mol. The third-order valence-corrected chi connectivity index (χ3v) is 2.58. The van der Waals surface area contributed by atoms with Crippen LogP contribution in [0.5, 0.6) is 0 Å². The molecule has 0 saturated heterocycles. The molecule has 0 aliphatic heterocycles. The van der Waals surface area contributed by atoms with Crippen LogP contribution in [0.25, 0.3) is 0 Å². The maximum Gasteiger partial charge on any atom is 0.249 e. The van der Waals surface area contributed by atoms with E-state index in [1.165, 1.54) is 6.21 Å². The molecule has 0 heterocycles. The van der Waals surface area contributed by atoms with Gasteiger partial charge in [-0.25, -0.2) is 5.43 Å². The highest BCUT2D eigenvalue weighted by Gasteiger charge is 2.06. The number of hydrogen-bond acceptors (Lipinski definition) is 4. The maximum atomic E-state index is 11.4. The quantitative estimate of drug-likeness (QED) is 0.339. The lowest BCUT2D eigenvalue weighted by atomic mass is 10.2. The molecule has 0 bridgehead atoms.